The van der Waals surface area contributed by atoms with E-state index in [9.17, 15) is 35.9 Å². The number of nitrogens with zero attached hydrogens (tertiary/aromatic N) is 4. The molecule has 0 bridgehead atoms. The van der Waals surface area contributed by atoms with Gasteiger partial charge in [-0.15, -0.1) is 0 Å². The van der Waals surface area contributed by atoms with Gasteiger partial charge < -0.3 is 9.80 Å². The number of halogens is 6. The zero-order valence-corrected chi connectivity index (χ0v) is 14.5. The van der Waals surface area contributed by atoms with Crippen molar-refractivity contribution in [1.82, 2.24) is 9.80 Å². The third kappa shape index (κ3) is 3.73. The summed E-state index contributed by atoms with van der Waals surface area (Å²) in [5.74, 6) is -15.5. The fourth-order valence-corrected chi connectivity index (χ4v) is 3.02. The van der Waals surface area contributed by atoms with Crippen LogP contribution in [0.1, 0.15) is 25.7 Å². The van der Waals surface area contributed by atoms with Gasteiger partial charge in [0, 0.05) is 51.9 Å². The summed E-state index contributed by atoms with van der Waals surface area (Å²) >= 11 is 0. The number of hydrogen-bond acceptors (Lipinski definition) is 4. The van der Waals surface area contributed by atoms with Crippen molar-refractivity contribution in [3.05, 3.63) is 0 Å². The van der Waals surface area contributed by atoms with E-state index < -0.39 is 86.9 Å². The van der Waals surface area contributed by atoms with Crippen molar-refractivity contribution in [2.75, 3.05) is 26.2 Å². The van der Waals surface area contributed by atoms with Crippen LogP contribution < -0.4 is 0 Å². The molecule has 6 nitrogen and oxygen atoms in total. The van der Waals surface area contributed by atoms with Crippen LogP contribution in [-0.2, 0) is 9.59 Å². The van der Waals surface area contributed by atoms with E-state index in [1.165, 1.54) is 12.1 Å². The Bertz CT molecular complexity index is 666. The molecule has 154 valence electrons. The van der Waals surface area contributed by atoms with Crippen LogP contribution in [-0.4, -0.2) is 71.0 Å². The average molecular weight is 410 g/mol. The van der Waals surface area contributed by atoms with Gasteiger partial charge in [-0.1, -0.05) is 0 Å². The molecule has 0 aliphatic carbocycles. The van der Waals surface area contributed by atoms with Crippen LogP contribution in [0.4, 0.5) is 26.3 Å². The number of hydrogen-bond donors (Lipinski definition) is 0. The molecule has 0 unspecified atom stereocenters. The van der Waals surface area contributed by atoms with Crippen molar-refractivity contribution < 1.29 is 35.9 Å². The normalized spacial score (nSPS) is 22.1. The van der Waals surface area contributed by atoms with Crippen LogP contribution in [0.15, 0.2) is 0 Å². The summed E-state index contributed by atoms with van der Waals surface area (Å²) in [6.07, 6.45) is -2.49. The predicted molar refractivity (Wildman–Crippen MR) is 80.4 cm³/mol. The van der Waals surface area contributed by atoms with Gasteiger partial charge >= 0.3 is 11.8 Å². The van der Waals surface area contributed by atoms with Crippen molar-refractivity contribution in [1.29, 1.82) is 10.5 Å². The van der Waals surface area contributed by atoms with Crippen LogP contribution in [0.5, 0.6) is 0 Å². The minimum atomic E-state index is -5.41. The van der Waals surface area contributed by atoms with E-state index >= 15 is 0 Å². The Morgan fingerprint density at radius 2 is 0.964 bits per heavy atom. The standard InChI is InChI=1S/C16H16F6N4O2/c17-13(9-23)1-5-25(6-2-13)11(27)15(19,20)16(21,22)12(28)26-7-3-14(18,10-24)4-8-26/h1-8H2. The first-order valence-corrected chi connectivity index (χ1v) is 8.37. The van der Waals surface area contributed by atoms with Crippen molar-refractivity contribution >= 4 is 11.8 Å². The Labute approximate surface area is 156 Å². The number of piperidine rings is 2. The monoisotopic (exact) mass is 410 g/mol. The summed E-state index contributed by atoms with van der Waals surface area (Å²) in [6.45, 7) is -2.73. The Hall–Kier alpha value is -2.50. The molecule has 2 aliphatic rings. The van der Waals surface area contributed by atoms with E-state index in [0.717, 1.165) is 0 Å². The van der Waals surface area contributed by atoms with Gasteiger partial charge in [0.1, 0.15) is 12.1 Å². The Kier molecular flexibility index (Phi) is 5.57. The van der Waals surface area contributed by atoms with Gasteiger partial charge in [0.25, 0.3) is 11.8 Å². The zero-order chi connectivity index (χ0) is 21.4. The first-order valence-electron chi connectivity index (χ1n) is 8.37. The number of amides is 2. The molecule has 2 rings (SSSR count). The zero-order valence-electron chi connectivity index (χ0n) is 14.5. The number of alkyl halides is 6. The van der Waals surface area contributed by atoms with E-state index in [2.05, 4.69) is 0 Å². The molecule has 0 saturated carbocycles. The van der Waals surface area contributed by atoms with Gasteiger partial charge in [-0.2, -0.15) is 28.1 Å². The first kappa shape index (κ1) is 21.8. The minimum absolute atomic E-state index is 0.287. The Morgan fingerprint density at radius 1 is 0.714 bits per heavy atom. The quantitative estimate of drug-likeness (QED) is 0.666. The summed E-state index contributed by atoms with van der Waals surface area (Å²) in [5.41, 5.74) is -4.67. The van der Waals surface area contributed by atoms with Crippen molar-refractivity contribution in [3.63, 3.8) is 0 Å². The molecular formula is C16H16F6N4O2. The highest BCUT2D eigenvalue weighted by Crippen LogP contribution is 2.40. The molecule has 0 aromatic heterocycles. The highest BCUT2D eigenvalue weighted by Gasteiger charge is 2.69. The molecule has 0 aromatic carbocycles. The Morgan fingerprint density at radius 3 is 1.18 bits per heavy atom. The molecule has 0 N–H and O–H groups in total. The van der Waals surface area contributed by atoms with Gasteiger partial charge in [0.15, 0.2) is 11.3 Å². The van der Waals surface area contributed by atoms with Gasteiger partial charge in [-0.05, 0) is 0 Å². The summed E-state index contributed by atoms with van der Waals surface area (Å²) in [5, 5.41) is 17.3. The number of likely N-dealkylation sites (tertiary alicyclic amines) is 2. The lowest BCUT2D eigenvalue weighted by molar-refractivity contribution is -0.224. The molecule has 0 radical (unpaired) electrons. The maximum Gasteiger partial charge on any atom is 0.395 e. The third-order valence-electron chi connectivity index (χ3n) is 5.02. The first-order chi connectivity index (χ1) is 12.8. The van der Waals surface area contributed by atoms with Crippen LogP contribution >= 0.6 is 0 Å². The van der Waals surface area contributed by atoms with E-state index in [-0.39, 0.29) is 9.80 Å². The molecular weight excluding hydrogens is 394 g/mol. The number of rotatable bonds is 3. The maximum atomic E-state index is 14.2. The molecule has 28 heavy (non-hydrogen) atoms. The number of carbonyl (C=O) groups excluding carboxylic acids is 2. The predicted octanol–water partition coefficient (Wildman–Crippen LogP) is 1.97. The molecule has 2 saturated heterocycles. The lowest BCUT2D eigenvalue weighted by atomic mass is 9.93. The minimum Gasteiger partial charge on any atom is -0.337 e. The average Bonchev–Trinajstić information content (AvgIpc) is 2.68. The summed E-state index contributed by atoms with van der Waals surface area (Å²) < 4.78 is 84.4. The van der Waals surface area contributed by atoms with Crippen LogP contribution in [0, 0.1) is 22.7 Å². The Balaban J connectivity index is 2.11. The fraction of sp³-hybridized carbons (Fsp3) is 0.750. The summed E-state index contributed by atoms with van der Waals surface area (Å²) in [7, 11) is 0. The molecule has 0 atom stereocenters. The highest BCUT2D eigenvalue weighted by atomic mass is 19.3. The second kappa shape index (κ2) is 7.15. The lowest BCUT2D eigenvalue weighted by Crippen LogP contribution is -2.62. The second-order valence-electron chi connectivity index (χ2n) is 6.89. The molecule has 2 amide bonds. The number of nitriles is 2. The largest absolute Gasteiger partial charge is 0.395 e. The van der Waals surface area contributed by atoms with Gasteiger partial charge in [0.05, 0.1) is 0 Å². The highest BCUT2D eigenvalue weighted by molar-refractivity contribution is 5.95. The van der Waals surface area contributed by atoms with E-state index in [1.54, 1.807) is 0 Å². The smallest absolute Gasteiger partial charge is 0.337 e. The molecule has 12 heteroatoms. The molecule has 2 heterocycles. The lowest BCUT2D eigenvalue weighted by Gasteiger charge is -2.38. The topological polar surface area (TPSA) is 88.2 Å². The van der Waals surface area contributed by atoms with Crippen molar-refractivity contribution in [3.8, 4) is 12.1 Å². The third-order valence-corrected chi connectivity index (χ3v) is 5.02. The molecule has 0 spiro atoms. The number of carbonyl (C=O) groups is 2. The SMILES string of the molecule is N#CC1(F)CCN(C(=O)C(F)(F)C(F)(F)C(=O)N2CCC(F)(C#N)CC2)CC1. The van der Waals surface area contributed by atoms with Crippen LogP contribution in [0.3, 0.4) is 0 Å². The van der Waals surface area contributed by atoms with Gasteiger partial charge in [-0.25, -0.2) is 8.78 Å². The van der Waals surface area contributed by atoms with Crippen molar-refractivity contribution in [2.24, 2.45) is 0 Å². The summed E-state index contributed by atoms with van der Waals surface area (Å²) in [4.78, 5) is 24.4. The molecule has 2 aliphatic heterocycles. The van der Waals surface area contributed by atoms with Crippen LogP contribution in [0.2, 0.25) is 0 Å². The van der Waals surface area contributed by atoms with Crippen LogP contribution in [0.25, 0.3) is 0 Å². The van der Waals surface area contributed by atoms with Gasteiger partial charge in [-0.3, -0.25) is 9.59 Å². The van der Waals surface area contributed by atoms with E-state index in [4.69, 9.17) is 10.5 Å². The van der Waals surface area contributed by atoms with Gasteiger partial charge in [0.2, 0.25) is 0 Å². The fourth-order valence-electron chi connectivity index (χ4n) is 3.02. The molecule has 2 fully saturated rings. The second-order valence-corrected chi connectivity index (χ2v) is 6.89. The maximum absolute atomic E-state index is 14.2. The van der Waals surface area contributed by atoms with E-state index in [1.807, 2.05) is 0 Å². The molecule has 0 aromatic rings. The summed E-state index contributed by atoms with van der Waals surface area (Å²) in [6, 6.07) is 2.65. The van der Waals surface area contributed by atoms with Crippen molar-refractivity contribution in [2.45, 2.75) is 48.9 Å². The van der Waals surface area contributed by atoms with E-state index in [0.29, 0.717) is 0 Å².